The molecule has 24 heavy (non-hydrogen) atoms. The minimum absolute atomic E-state index is 0. The first kappa shape index (κ1) is 22.9. The maximum Gasteiger partial charge on any atom is 0.222 e. The first-order chi connectivity index (χ1) is 11.0. The van der Waals surface area contributed by atoms with E-state index >= 15 is 0 Å². The van der Waals surface area contributed by atoms with Gasteiger partial charge in [-0.25, -0.2) is 0 Å². The molecule has 0 aromatic rings. The summed E-state index contributed by atoms with van der Waals surface area (Å²) in [5.41, 5.74) is 0. The molecule has 1 aliphatic rings. The van der Waals surface area contributed by atoms with Crippen LogP contribution in [0.2, 0.25) is 0 Å². The maximum absolute atomic E-state index is 11.5. The first-order valence-electron chi connectivity index (χ1n) is 8.62. The number of hydrogen-bond acceptors (Lipinski definition) is 3. The highest BCUT2D eigenvalue weighted by molar-refractivity contribution is 14.0. The number of rotatable bonds is 9. The molecule has 1 saturated heterocycles. The van der Waals surface area contributed by atoms with E-state index in [1.165, 1.54) is 0 Å². The van der Waals surface area contributed by atoms with Gasteiger partial charge in [0.25, 0.3) is 0 Å². The largest absolute Gasteiger partial charge is 0.357 e. The molecular weight excluding hydrogens is 421 g/mol. The Balaban J connectivity index is 0.00000529. The molecule has 0 aromatic heterocycles. The molecule has 1 fully saturated rings. The Morgan fingerprint density at radius 1 is 1.25 bits per heavy atom. The van der Waals surface area contributed by atoms with E-state index in [1.807, 2.05) is 25.7 Å². The smallest absolute Gasteiger partial charge is 0.222 e. The minimum atomic E-state index is 0. The summed E-state index contributed by atoms with van der Waals surface area (Å²) in [6.07, 6.45) is 2.54. The summed E-state index contributed by atoms with van der Waals surface area (Å²) in [5.74, 6) is 1.08. The van der Waals surface area contributed by atoms with Crippen LogP contribution >= 0.6 is 24.0 Å². The van der Waals surface area contributed by atoms with E-state index in [-0.39, 0.29) is 41.7 Å². The van der Waals surface area contributed by atoms with Crippen LogP contribution in [-0.4, -0.2) is 61.9 Å². The van der Waals surface area contributed by atoms with Gasteiger partial charge in [-0.2, -0.15) is 0 Å². The predicted octanol–water partition coefficient (Wildman–Crippen LogP) is 0.944. The van der Waals surface area contributed by atoms with Crippen LogP contribution in [0, 0.1) is 5.92 Å². The molecule has 3 N–H and O–H groups in total. The Morgan fingerprint density at radius 2 is 1.96 bits per heavy atom. The van der Waals surface area contributed by atoms with E-state index in [1.54, 1.807) is 0 Å². The van der Waals surface area contributed by atoms with Crippen LogP contribution < -0.4 is 16.0 Å². The number of nitrogens with one attached hydrogen (secondary N) is 3. The Bertz CT molecular complexity index is 415. The van der Waals surface area contributed by atoms with Gasteiger partial charge in [0.15, 0.2) is 5.96 Å². The van der Waals surface area contributed by atoms with Crippen LogP contribution in [-0.2, 0) is 9.59 Å². The molecule has 0 radical (unpaired) electrons. The fourth-order valence-electron chi connectivity index (χ4n) is 2.31. The van der Waals surface area contributed by atoms with Crippen molar-refractivity contribution in [1.82, 2.24) is 20.9 Å². The number of carbonyl (C=O) groups is 2. The standard InChI is InChI=1S/C16H31N5O2.HI/c1-4-17-16(20-10-9-18-15(23)13(2)3)19-8-6-12-21-11-5-7-14(21)22;/h13H,4-12H2,1-3H3,(H,18,23)(H2,17,19,20);1H. The minimum Gasteiger partial charge on any atom is -0.357 e. The molecule has 2 amide bonds. The van der Waals surface area contributed by atoms with Crippen LogP contribution in [0.15, 0.2) is 4.99 Å². The molecule has 0 spiro atoms. The Hall–Kier alpha value is -1.06. The van der Waals surface area contributed by atoms with Crippen molar-refractivity contribution in [3.8, 4) is 0 Å². The molecule has 0 saturated carbocycles. The van der Waals surface area contributed by atoms with E-state index in [9.17, 15) is 9.59 Å². The third-order valence-corrected chi connectivity index (χ3v) is 3.61. The molecule has 7 nitrogen and oxygen atoms in total. The van der Waals surface area contributed by atoms with E-state index in [0.717, 1.165) is 38.4 Å². The van der Waals surface area contributed by atoms with Gasteiger partial charge in [0.05, 0.1) is 0 Å². The summed E-state index contributed by atoms with van der Waals surface area (Å²) in [5, 5.41) is 9.23. The molecule has 0 aliphatic carbocycles. The molecule has 1 rings (SSSR count). The van der Waals surface area contributed by atoms with Crippen molar-refractivity contribution >= 4 is 41.8 Å². The summed E-state index contributed by atoms with van der Waals surface area (Å²) < 4.78 is 0. The van der Waals surface area contributed by atoms with Crippen molar-refractivity contribution < 1.29 is 9.59 Å². The summed E-state index contributed by atoms with van der Waals surface area (Å²) in [6.45, 7) is 10.1. The normalized spacial score (nSPS) is 14.6. The topological polar surface area (TPSA) is 85.8 Å². The second kappa shape index (κ2) is 13.3. The van der Waals surface area contributed by atoms with Crippen molar-refractivity contribution in [2.24, 2.45) is 10.9 Å². The van der Waals surface area contributed by atoms with Crippen LogP contribution in [0.1, 0.15) is 40.0 Å². The lowest BCUT2D eigenvalue weighted by atomic mass is 10.2. The second-order valence-corrected chi connectivity index (χ2v) is 5.97. The van der Waals surface area contributed by atoms with Crippen LogP contribution in [0.3, 0.4) is 0 Å². The molecule has 140 valence electrons. The average Bonchev–Trinajstić information content (AvgIpc) is 2.92. The third-order valence-electron chi connectivity index (χ3n) is 3.61. The van der Waals surface area contributed by atoms with Crippen molar-refractivity contribution in [2.75, 3.05) is 39.3 Å². The SMILES string of the molecule is CCNC(=NCCCN1CCCC1=O)NCCNC(=O)C(C)C.I. The molecular formula is C16H32IN5O2. The third kappa shape index (κ3) is 9.29. The van der Waals surface area contributed by atoms with Gasteiger partial charge < -0.3 is 20.9 Å². The number of carbonyl (C=O) groups excluding carboxylic acids is 2. The number of halogens is 1. The predicted molar refractivity (Wildman–Crippen MR) is 108 cm³/mol. The van der Waals surface area contributed by atoms with E-state index in [4.69, 9.17) is 0 Å². The Kier molecular flexibility index (Phi) is 12.7. The van der Waals surface area contributed by atoms with Crippen molar-refractivity contribution in [1.29, 1.82) is 0 Å². The summed E-state index contributed by atoms with van der Waals surface area (Å²) in [4.78, 5) is 29.4. The van der Waals surface area contributed by atoms with Crippen LogP contribution in [0.4, 0.5) is 0 Å². The monoisotopic (exact) mass is 453 g/mol. The summed E-state index contributed by atoms with van der Waals surface area (Å²) in [7, 11) is 0. The zero-order valence-electron chi connectivity index (χ0n) is 15.1. The molecule has 1 aliphatic heterocycles. The highest BCUT2D eigenvalue weighted by atomic mass is 127. The van der Waals surface area contributed by atoms with Gasteiger partial charge in [0.2, 0.25) is 11.8 Å². The Morgan fingerprint density at radius 3 is 2.54 bits per heavy atom. The zero-order valence-corrected chi connectivity index (χ0v) is 17.4. The van der Waals surface area contributed by atoms with Gasteiger partial charge in [-0.1, -0.05) is 13.8 Å². The van der Waals surface area contributed by atoms with E-state index in [0.29, 0.717) is 26.1 Å². The van der Waals surface area contributed by atoms with Gasteiger partial charge in [-0.15, -0.1) is 24.0 Å². The fourth-order valence-corrected chi connectivity index (χ4v) is 2.31. The molecule has 8 heteroatoms. The quantitative estimate of drug-likeness (QED) is 0.210. The molecule has 0 aromatic carbocycles. The van der Waals surface area contributed by atoms with Crippen molar-refractivity contribution in [3.05, 3.63) is 0 Å². The van der Waals surface area contributed by atoms with Crippen LogP contribution in [0.25, 0.3) is 0 Å². The molecule has 0 bridgehead atoms. The maximum atomic E-state index is 11.5. The Labute approximate surface area is 162 Å². The number of guanidine groups is 1. The lowest BCUT2D eigenvalue weighted by Gasteiger charge is -2.15. The van der Waals surface area contributed by atoms with Gasteiger partial charge in [0, 0.05) is 51.6 Å². The molecule has 0 atom stereocenters. The highest BCUT2D eigenvalue weighted by Gasteiger charge is 2.18. The highest BCUT2D eigenvalue weighted by Crippen LogP contribution is 2.09. The molecule has 0 unspecified atom stereocenters. The molecule has 1 heterocycles. The van der Waals surface area contributed by atoms with Gasteiger partial charge in [0.1, 0.15) is 0 Å². The number of likely N-dealkylation sites (tertiary alicyclic amines) is 1. The summed E-state index contributed by atoms with van der Waals surface area (Å²) >= 11 is 0. The van der Waals surface area contributed by atoms with Gasteiger partial charge in [-0.3, -0.25) is 14.6 Å². The number of aliphatic imine (C=N–C) groups is 1. The van der Waals surface area contributed by atoms with Gasteiger partial charge in [-0.05, 0) is 19.8 Å². The number of hydrogen-bond donors (Lipinski definition) is 3. The number of nitrogens with zero attached hydrogens (tertiary/aromatic N) is 2. The van der Waals surface area contributed by atoms with Crippen LogP contribution in [0.5, 0.6) is 0 Å². The van der Waals surface area contributed by atoms with Gasteiger partial charge >= 0.3 is 0 Å². The van der Waals surface area contributed by atoms with E-state index in [2.05, 4.69) is 20.9 Å². The van der Waals surface area contributed by atoms with E-state index < -0.39 is 0 Å². The average molecular weight is 453 g/mol. The second-order valence-electron chi connectivity index (χ2n) is 5.97. The summed E-state index contributed by atoms with van der Waals surface area (Å²) in [6, 6.07) is 0. The fraction of sp³-hybridized carbons (Fsp3) is 0.812. The zero-order chi connectivity index (χ0) is 17.1. The first-order valence-corrected chi connectivity index (χ1v) is 8.62. The van der Waals surface area contributed by atoms with Crippen molar-refractivity contribution in [3.63, 3.8) is 0 Å². The number of amides is 2. The lowest BCUT2D eigenvalue weighted by Crippen LogP contribution is -2.42. The van der Waals surface area contributed by atoms with Crippen molar-refractivity contribution in [2.45, 2.75) is 40.0 Å². The lowest BCUT2D eigenvalue weighted by molar-refractivity contribution is -0.127.